The van der Waals surface area contributed by atoms with E-state index in [9.17, 15) is 4.79 Å². The number of carbonyl (C=O) groups is 1. The largest absolute Gasteiger partial charge is 0.465 e. The molecular formula is C14H21N3O2S2. The number of piperazine rings is 1. The Morgan fingerprint density at radius 3 is 2.48 bits per heavy atom. The zero-order valence-corrected chi connectivity index (χ0v) is 14.5. The van der Waals surface area contributed by atoms with Crippen LogP contribution in [0.15, 0.2) is 0 Å². The third-order valence-corrected chi connectivity index (χ3v) is 5.27. The summed E-state index contributed by atoms with van der Waals surface area (Å²) in [7, 11) is 3.51. The molecule has 7 heteroatoms. The van der Waals surface area contributed by atoms with Crippen LogP contribution >= 0.6 is 23.6 Å². The maximum absolute atomic E-state index is 12.0. The molecule has 2 heterocycles. The molecule has 0 unspecified atom stereocenters. The number of aryl methyl sites for hydroxylation is 1. The van der Waals surface area contributed by atoms with Crippen molar-refractivity contribution < 1.29 is 9.53 Å². The van der Waals surface area contributed by atoms with E-state index in [1.165, 1.54) is 7.11 Å². The van der Waals surface area contributed by atoms with Crippen molar-refractivity contribution in [3.05, 3.63) is 16.0 Å². The first-order chi connectivity index (χ1) is 9.93. The van der Waals surface area contributed by atoms with Crippen LogP contribution in [0.4, 0.5) is 5.00 Å². The summed E-state index contributed by atoms with van der Waals surface area (Å²) >= 11 is 7.02. The third kappa shape index (κ3) is 3.53. The van der Waals surface area contributed by atoms with Crippen LogP contribution in [-0.2, 0) is 4.74 Å². The van der Waals surface area contributed by atoms with Gasteiger partial charge in [0.15, 0.2) is 5.11 Å². The Bertz CT molecular complexity index is 549. The van der Waals surface area contributed by atoms with Crippen molar-refractivity contribution in [3.63, 3.8) is 0 Å². The number of likely N-dealkylation sites (N-methyl/N-ethyl adjacent to an activating group) is 1. The van der Waals surface area contributed by atoms with E-state index in [-0.39, 0.29) is 5.97 Å². The van der Waals surface area contributed by atoms with Gasteiger partial charge in [-0.15, -0.1) is 11.3 Å². The summed E-state index contributed by atoms with van der Waals surface area (Å²) in [6, 6.07) is 0. The summed E-state index contributed by atoms with van der Waals surface area (Å²) < 4.78 is 4.88. The molecule has 0 spiro atoms. The molecule has 0 aliphatic carbocycles. The highest BCUT2D eigenvalue weighted by molar-refractivity contribution is 7.80. The van der Waals surface area contributed by atoms with Gasteiger partial charge in [-0.1, -0.05) is 0 Å². The van der Waals surface area contributed by atoms with E-state index in [1.807, 2.05) is 13.8 Å². The molecule has 1 N–H and O–H groups in total. The Labute approximate surface area is 134 Å². The highest BCUT2D eigenvalue weighted by atomic mass is 32.1. The van der Waals surface area contributed by atoms with Crippen molar-refractivity contribution in [2.45, 2.75) is 13.8 Å². The number of methoxy groups -OCH3 is 1. The molecule has 0 bridgehead atoms. The molecule has 0 aromatic carbocycles. The summed E-state index contributed by atoms with van der Waals surface area (Å²) in [6.07, 6.45) is 0. The van der Waals surface area contributed by atoms with Gasteiger partial charge in [-0.05, 0) is 38.7 Å². The number of thiophene rings is 1. The minimum Gasteiger partial charge on any atom is -0.465 e. The number of hydrogen-bond donors (Lipinski definition) is 1. The van der Waals surface area contributed by atoms with E-state index < -0.39 is 0 Å². The standard InChI is InChI=1S/C14H21N3O2S2/c1-9-10(2)21-12(11(9)13(18)19-4)15-14(20)17-7-5-16(3)6-8-17/h5-8H2,1-4H3,(H,15,20). The van der Waals surface area contributed by atoms with E-state index in [4.69, 9.17) is 17.0 Å². The molecule has 0 radical (unpaired) electrons. The van der Waals surface area contributed by atoms with Gasteiger partial charge in [0.25, 0.3) is 0 Å². The Balaban J connectivity index is 2.14. The quantitative estimate of drug-likeness (QED) is 0.663. The monoisotopic (exact) mass is 327 g/mol. The smallest absolute Gasteiger partial charge is 0.341 e. The van der Waals surface area contributed by atoms with Gasteiger partial charge in [0.05, 0.1) is 12.7 Å². The Hall–Kier alpha value is -1.18. The Morgan fingerprint density at radius 1 is 1.29 bits per heavy atom. The first-order valence-corrected chi connectivity index (χ1v) is 8.09. The summed E-state index contributed by atoms with van der Waals surface area (Å²) in [5.74, 6) is -0.319. The molecule has 0 amide bonds. The van der Waals surface area contributed by atoms with Crippen LogP contribution in [0.3, 0.4) is 0 Å². The summed E-state index contributed by atoms with van der Waals surface area (Å²) in [6.45, 7) is 7.72. The van der Waals surface area contributed by atoms with E-state index in [1.54, 1.807) is 11.3 Å². The number of esters is 1. The molecule has 21 heavy (non-hydrogen) atoms. The van der Waals surface area contributed by atoms with Crippen molar-refractivity contribution in [2.75, 3.05) is 45.7 Å². The molecule has 1 saturated heterocycles. The van der Waals surface area contributed by atoms with Crippen LogP contribution < -0.4 is 5.32 Å². The second-order valence-corrected chi connectivity index (χ2v) is 6.81. The van der Waals surface area contributed by atoms with Crippen molar-refractivity contribution in [3.8, 4) is 0 Å². The first-order valence-electron chi connectivity index (χ1n) is 6.86. The lowest BCUT2D eigenvalue weighted by atomic mass is 10.1. The van der Waals surface area contributed by atoms with Crippen LogP contribution in [0.5, 0.6) is 0 Å². The Kier molecular flexibility index (Phi) is 5.18. The molecule has 1 aliphatic rings. The molecule has 0 atom stereocenters. The third-order valence-electron chi connectivity index (χ3n) is 3.79. The highest BCUT2D eigenvalue weighted by Crippen LogP contribution is 2.33. The van der Waals surface area contributed by atoms with Gasteiger partial charge < -0.3 is 19.9 Å². The average molecular weight is 327 g/mol. The maximum atomic E-state index is 12.0. The average Bonchev–Trinajstić information content (AvgIpc) is 2.73. The number of rotatable bonds is 2. The van der Waals surface area contributed by atoms with Crippen molar-refractivity contribution in [2.24, 2.45) is 0 Å². The van der Waals surface area contributed by atoms with Gasteiger partial charge in [-0.3, -0.25) is 0 Å². The van der Waals surface area contributed by atoms with Gasteiger partial charge in [0.1, 0.15) is 5.00 Å². The highest BCUT2D eigenvalue weighted by Gasteiger charge is 2.23. The molecule has 2 rings (SSSR count). The lowest BCUT2D eigenvalue weighted by Gasteiger charge is -2.34. The summed E-state index contributed by atoms with van der Waals surface area (Å²) in [5, 5.41) is 4.68. The molecule has 116 valence electrons. The van der Waals surface area contributed by atoms with Crippen molar-refractivity contribution in [1.29, 1.82) is 0 Å². The first kappa shape index (κ1) is 16.2. The molecule has 1 aromatic heterocycles. The van der Waals surface area contributed by atoms with Gasteiger partial charge in [0, 0.05) is 31.1 Å². The predicted molar refractivity (Wildman–Crippen MR) is 90.4 cm³/mol. The van der Waals surface area contributed by atoms with Gasteiger partial charge in [-0.25, -0.2) is 4.79 Å². The van der Waals surface area contributed by atoms with Crippen molar-refractivity contribution >= 4 is 39.6 Å². The Morgan fingerprint density at radius 2 is 1.90 bits per heavy atom. The fourth-order valence-corrected chi connectivity index (χ4v) is 3.65. The zero-order valence-electron chi connectivity index (χ0n) is 12.9. The second kappa shape index (κ2) is 6.72. The fraction of sp³-hybridized carbons (Fsp3) is 0.571. The molecule has 1 fully saturated rings. The second-order valence-electron chi connectivity index (χ2n) is 5.20. The molecule has 0 saturated carbocycles. The molecule has 1 aromatic rings. The number of hydrogen-bond acceptors (Lipinski definition) is 5. The zero-order chi connectivity index (χ0) is 15.6. The minimum absolute atomic E-state index is 0.319. The van der Waals surface area contributed by atoms with E-state index in [0.29, 0.717) is 10.7 Å². The van der Waals surface area contributed by atoms with Crippen LogP contribution in [0, 0.1) is 13.8 Å². The minimum atomic E-state index is -0.319. The maximum Gasteiger partial charge on any atom is 0.341 e. The summed E-state index contributed by atoms with van der Waals surface area (Å²) in [4.78, 5) is 17.5. The van der Waals surface area contributed by atoms with Crippen LogP contribution in [0.2, 0.25) is 0 Å². The van der Waals surface area contributed by atoms with E-state index >= 15 is 0 Å². The van der Waals surface area contributed by atoms with Gasteiger partial charge >= 0.3 is 5.97 Å². The van der Waals surface area contributed by atoms with Crippen LogP contribution in [-0.4, -0.2) is 61.2 Å². The van der Waals surface area contributed by atoms with E-state index in [0.717, 1.165) is 41.6 Å². The van der Waals surface area contributed by atoms with Crippen LogP contribution in [0.1, 0.15) is 20.8 Å². The van der Waals surface area contributed by atoms with Crippen LogP contribution in [0.25, 0.3) is 0 Å². The SMILES string of the molecule is COC(=O)c1c(NC(=S)N2CCN(C)CC2)sc(C)c1C. The number of nitrogens with one attached hydrogen (secondary N) is 1. The number of nitrogens with zero attached hydrogens (tertiary/aromatic N) is 2. The van der Waals surface area contributed by atoms with E-state index in [2.05, 4.69) is 22.2 Å². The number of carbonyl (C=O) groups excluding carboxylic acids is 1. The van der Waals surface area contributed by atoms with Gasteiger partial charge in [0.2, 0.25) is 0 Å². The number of ether oxygens (including phenoxy) is 1. The lowest BCUT2D eigenvalue weighted by Crippen LogP contribution is -2.48. The molecule has 1 aliphatic heterocycles. The normalized spacial score (nSPS) is 15.9. The number of thiocarbonyl (C=S) groups is 1. The number of anilines is 1. The topological polar surface area (TPSA) is 44.8 Å². The van der Waals surface area contributed by atoms with Crippen molar-refractivity contribution in [1.82, 2.24) is 9.80 Å². The summed E-state index contributed by atoms with van der Waals surface area (Å²) in [5.41, 5.74) is 1.55. The predicted octanol–water partition coefficient (Wildman–Crippen LogP) is 2.10. The molecular weight excluding hydrogens is 306 g/mol. The fourth-order valence-electron chi connectivity index (χ4n) is 2.25. The van der Waals surface area contributed by atoms with Gasteiger partial charge in [-0.2, -0.15) is 0 Å². The lowest BCUT2D eigenvalue weighted by molar-refractivity contribution is 0.0601. The molecule has 5 nitrogen and oxygen atoms in total.